The number of carbonyl (C=O) groups is 1. The van der Waals surface area contributed by atoms with Crippen LogP contribution in [0.15, 0.2) is 103 Å². The number of carbonyl (C=O) groups excluding carboxylic acids is 1. The van der Waals surface area contributed by atoms with Gasteiger partial charge in [0, 0.05) is 12.0 Å². The molecule has 0 bridgehead atoms. The summed E-state index contributed by atoms with van der Waals surface area (Å²) in [5.74, 6) is 0.373. The van der Waals surface area contributed by atoms with Gasteiger partial charge < -0.3 is 0 Å². The molecule has 4 rings (SSSR count). The molecule has 0 aliphatic carbocycles. The molecule has 0 aliphatic heterocycles. The van der Waals surface area contributed by atoms with Crippen LogP contribution in [0.25, 0.3) is 10.8 Å². The molecule has 1 atom stereocenters. The van der Waals surface area contributed by atoms with Gasteiger partial charge in [0.25, 0.3) is 0 Å². The SMILES string of the molecule is O=C(C[C@H](Cc1ccccc1)c1ccccc1)c1ccc2ccccc2c1. The Morgan fingerprint density at radius 1 is 0.667 bits per heavy atom. The fourth-order valence-electron chi connectivity index (χ4n) is 3.64. The summed E-state index contributed by atoms with van der Waals surface area (Å²) in [6.07, 6.45) is 1.38. The Kier molecular flexibility index (Phi) is 5.11. The number of hydrogen-bond acceptors (Lipinski definition) is 1. The first kappa shape index (κ1) is 17.2. The van der Waals surface area contributed by atoms with Crippen LogP contribution in [0.1, 0.15) is 33.8 Å². The van der Waals surface area contributed by atoms with E-state index in [0.29, 0.717) is 6.42 Å². The van der Waals surface area contributed by atoms with Crippen molar-refractivity contribution in [3.63, 3.8) is 0 Å². The van der Waals surface area contributed by atoms with Crippen molar-refractivity contribution in [2.45, 2.75) is 18.8 Å². The molecule has 4 aromatic carbocycles. The molecule has 0 N–H and O–H groups in total. The molecule has 0 radical (unpaired) electrons. The molecule has 0 heterocycles. The first-order valence-electron chi connectivity index (χ1n) is 9.40. The first-order valence-corrected chi connectivity index (χ1v) is 9.40. The van der Waals surface area contributed by atoms with Crippen LogP contribution in [-0.4, -0.2) is 5.78 Å². The van der Waals surface area contributed by atoms with E-state index >= 15 is 0 Å². The lowest BCUT2D eigenvalue weighted by Crippen LogP contribution is -2.10. The third kappa shape index (κ3) is 4.15. The minimum absolute atomic E-state index is 0.174. The summed E-state index contributed by atoms with van der Waals surface area (Å²) in [6, 6.07) is 35.0. The Bertz CT molecular complexity index is 1040. The Balaban J connectivity index is 1.60. The van der Waals surface area contributed by atoms with Crippen LogP contribution in [0.5, 0.6) is 0 Å². The van der Waals surface area contributed by atoms with E-state index in [1.807, 2.05) is 54.6 Å². The number of ketones is 1. The fraction of sp³-hybridized carbons (Fsp3) is 0.115. The monoisotopic (exact) mass is 350 g/mol. The Morgan fingerprint density at radius 3 is 2.04 bits per heavy atom. The Labute approximate surface area is 160 Å². The van der Waals surface area contributed by atoms with E-state index in [1.54, 1.807) is 0 Å². The second-order valence-corrected chi connectivity index (χ2v) is 6.99. The third-order valence-electron chi connectivity index (χ3n) is 5.10. The van der Waals surface area contributed by atoms with Crippen molar-refractivity contribution in [1.82, 2.24) is 0 Å². The van der Waals surface area contributed by atoms with Gasteiger partial charge in [-0.15, -0.1) is 0 Å². The van der Waals surface area contributed by atoms with Gasteiger partial charge in [0.15, 0.2) is 5.78 Å². The van der Waals surface area contributed by atoms with Crippen molar-refractivity contribution >= 4 is 16.6 Å². The second kappa shape index (κ2) is 8.01. The summed E-state index contributed by atoms with van der Waals surface area (Å²) in [5, 5.41) is 2.28. The maximum atomic E-state index is 13.1. The molecule has 0 unspecified atom stereocenters. The second-order valence-electron chi connectivity index (χ2n) is 6.99. The number of fused-ring (bicyclic) bond motifs is 1. The molecule has 0 aliphatic rings. The highest BCUT2D eigenvalue weighted by Gasteiger charge is 2.18. The summed E-state index contributed by atoms with van der Waals surface area (Å²) < 4.78 is 0. The molecule has 0 saturated carbocycles. The molecule has 1 heteroatoms. The van der Waals surface area contributed by atoms with Crippen LogP contribution < -0.4 is 0 Å². The zero-order valence-electron chi connectivity index (χ0n) is 15.2. The molecule has 0 spiro atoms. The van der Waals surface area contributed by atoms with Gasteiger partial charge in [0.05, 0.1) is 0 Å². The molecule has 132 valence electrons. The highest BCUT2D eigenvalue weighted by atomic mass is 16.1. The quantitative estimate of drug-likeness (QED) is 0.366. The number of Topliss-reactive ketones (excluding diaryl/α,β-unsaturated/α-hetero) is 1. The molecule has 1 nitrogen and oxygen atoms in total. The molecular formula is C26H22O. The van der Waals surface area contributed by atoms with Crippen molar-refractivity contribution in [2.75, 3.05) is 0 Å². The molecule has 0 amide bonds. The molecular weight excluding hydrogens is 328 g/mol. The van der Waals surface area contributed by atoms with Gasteiger partial charge in [0.1, 0.15) is 0 Å². The lowest BCUT2D eigenvalue weighted by Gasteiger charge is -2.17. The summed E-state index contributed by atoms with van der Waals surface area (Å²) in [7, 11) is 0. The molecule has 27 heavy (non-hydrogen) atoms. The van der Waals surface area contributed by atoms with Gasteiger partial charge in [-0.05, 0) is 40.3 Å². The fourth-order valence-corrected chi connectivity index (χ4v) is 3.64. The van der Waals surface area contributed by atoms with Crippen molar-refractivity contribution in [3.05, 3.63) is 120 Å². The van der Waals surface area contributed by atoms with E-state index in [4.69, 9.17) is 0 Å². The predicted molar refractivity (Wildman–Crippen MR) is 112 cm³/mol. The van der Waals surface area contributed by atoms with Crippen LogP contribution in [0, 0.1) is 0 Å². The highest BCUT2D eigenvalue weighted by molar-refractivity contribution is 6.00. The highest BCUT2D eigenvalue weighted by Crippen LogP contribution is 2.27. The van der Waals surface area contributed by atoms with Crippen LogP contribution in [0.2, 0.25) is 0 Å². The van der Waals surface area contributed by atoms with Gasteiger partial charge in [0.2, 0.25) is 0 Å². The number of rotatable bonds is 6. The number of hydrogen-bond donors (Lipinski definition) is 0. The van der Waals surface area contributed by atoms with Crippen LogP contribution in [0.4, 0.5) is 0 Å². The lowest BCUT2D eigenvalue weighted by atomic mass is 9.86. The number of benzene rings is 4. The zero-order valence-corrected chi connectivity index (χ0v) is 15.2. The van der Waals surface area contributed by atoms with Crippen molar-refractivity contribution < 1.29 is 4.79 Å². The lowest BCUT2D eigenvalue weighted by molar-refractivity contribution is 0.0973. The Morgan fingerprint density at radius 2 is 1.30 bits per heavy atom. The topological polar surface area (TPSA) is 17.1 Å². The molecule has 0 saturated heterocycles. The summed E-state index contributed by atoms with van der Waals surface area (Å²) in [4.78, 5) is 13.1. The van der Waals surface area contributed by atoms with Gasteiger partial charge in [-0.3, -0.25) is 4.79 Å². The average molecular weight is 350 g/mol. The standard InChI is InChI=1S/C26H22O/c27-26(24-16-15-22-13-7-8-14-23(22)18-24)19-25(21-11-5-2-6-12-21)17-20-9-3-1-4-10-20/h1-16,18,25H,17,19H2/t25-/m0/s1. The molecule has 0 fully saturated rings. The smallest absolute Gasteiger partial charge is 0.163 e. The maximum absolute atomic E-state index is 13.1. The summed E-state index contributed by atoms with van der Waals surface area (Å²) >= 11 is 0. The average Bonchev–Trinajstić information content (AvgIpc) is 2.74. The van der Waals surface area contributed by atoms with E-state index in [0.717, 1.165) is 22.8 Å². The predicted octanol–water partition coefficient (Wildman–Crippen LogP) is 6.44. The third-order valence-corrected chi connectivity index (χ3v) is 5.10. The van der Waals surface area contributed by atoms with E-state index in [2.05, 4.69) is 48.5 Å². The van der Waals surface area contributed by atoms with E-state index in [9.17, 15) is 4.79 Å². The minimum atomic E-state index is 0.174. The molecule has 4 aromatic rings. The van der Waals surface area contributed by atoms with Crippen molar-refractivity contribution in [1.29, 1.82) is 0 Å². The zero-order chi connectivity index (χ0) is 18.5. The van der Waals surface area contributed by atoms with Gasteiger partial charge >= 0.3 is 0 Å². The van der Waals surface area contributed by atoms with Gasteiger partial charge in [-0.2, -0.15) is 0 Å². The van der Waals surface area contributed by atoms with Gasteiger partial charge in [-0.1, -0.05) is 97.1 Å². The normalized spacial score (nSPS) is 12.0. The largest absolute Gasteiger partial charge is 0.294 e. The van der Waals surface area contributed by atoms with Gasteiger partial charge in [-0.25, -0.2) is 0 Å². The summed E-state index contributed by atoms with van der Waals surface area (Å²) in [6.45, 7) is 0. The summed E-state index contributed by atoms with van der Waals surface area (Å²) in [5.41, 5.74) is 3.27. The minimum Gasteiger partial charge on any atom is -0.294 e. The van der Waals surface area contributed by atoms with Crippen LogP contribution in [-0.2, 0) is 6.42 Å². The first-order chi connectivity index (χ1) is 13.3. The van der Waals surface area contributed by atoms with E-state index < -0.39 is 0 Å². The maximum Gasteiger partial charge on any atom is 0.163 e. The van der Waals surface area contributed by atoms with E-state index in [1.165, 1.54) is 11.1 Å². The van der Waals surface area contributed by atoms with Crippen LogP contribution >= 0.6 is 0 Å². The van der Waals surface area contributed by atoms with E-state index in [-0.39, 0.29) is 11.7 Å². The van der Waals surface area contributed by atoms with Crippen molar-refractivity contribution in [3.8, 4) is 0 Å². The van der Waals surface area contributed by atoms with Crippen molar-refractivity contribution in [2.24, 2.45) is 0 Å². The van der Waals surface area contributed by atoms with Crippen LogP contribution in [0.3, 0.4) is 0 Å². The molecule has 0 aromatic heterocycles. The Hall–Kier alpha value is -3.19.